The van der Waals surface area contributed by atoms with Gasteiger partial charge < -0.3 is 16.2 Å². The number of carbonyl (C=O) groups is 1. The van der Waals surface area contributed by atoms with Crippen LogP contribution in [0.3, 0.4) is 0 Å². The summed E-state index contributed by atoms with van der Waals surface area (Å²) in [6, 6.07) is 5.94. The molecule has 102 valence electrons. The van der Waals surface area contributed by atoms with E-state index in [1.54, 1.807) is 24.3 Å². The lowest BCUT2D eigenvalue weighted by Gasteiger charge is -2.10. The number of anilines is 1. The first-order valence-corrected chi connectivity index (χ1v) is 5.92. The lowest BCUT2D eigenvalue weighted by atomic mass is 10.1. The number of hydrogen-bond donors (Lipinski definition) is 3. The highest BCUT2D eigenvalue weighted by Crippen LogP contribution is 2.13. The number of para-hydroxylation sites is 1. The molecule has 0 spiro atoms. The molecule has 0 aliphatic heterocycles. The quantitative estimate of drug-likeness (QED) is 0.677. The van der Waals surface area contributed by atoms with Gasteiger partial charge in [-0.2, -0.15) is 0 Å². The Bertz CT molecular complexity index is 740. The van der Waals surface area contributed by atoms with Crippen molar-refractivity contribution >= 4 is 11.6 Å². The molecule has 0 aliphatic carbocycles. The van der Waals surface area contributed by atoms with Gasteiger partial charge >= 0.3 is 0 Å². The van der Waals surface area contributed by atoms with Crippen molar-refractivity contribution in [2.24, 2.45) is 5.73 Å². The van der Waals surface area contributed by atoms with Gasteiger partial charge in [0.1, 0.15) is 6.04 Å². The van der Waals surface area contributed by atoms with E-state index in [-0.39, 0.29) is 0 Å². The predicted molar refractivity (Wildman–Crippen MR) is 81.4 cm³/mol. The number of aliphatic hydroxyl groups excluding tert-OH is 1. The second-order valence-corrected chi connectivity index (χ2v) is 3.72. The van der Waals surface area contributed by atoms with Crippen molar-refractivity contribution in [1.29, 1.82) is 0 Å². The highest BCUT2D eigenvalue weighted by molar-refractivity contribution is 5.95. The van der Waals surface area contributed by atoms with Gasteiger partial charge in [0.25, 0.3) is 0 Å². The number of nitrogens with one attached hydrogen (secondary N) is 1. The Morgan fingerprint density at radius 1 is 1.24 bits per heavy atom. The van der Waals surface area contributed by atoms with Crippen molar-refractivity contribution in [3.63, 3.8) is 0 Å². The summed E-state index contributed by atoms with van der Waals surface area (Å²) in [5, 5.41) is 11.4. The van der Waals surface area contributed by atoms with Gasteiger partial charge in [-0.1, -0.05) is 18.1 Å². The zero-order valence-electron chi connectivity index (χ0n) is 11.1. The number of nitrogens with two attached hydrogens (primary N) is 1. The number of terminal acetylenes is 1. The minimum atomic E-state index is -0.982. The predicted octanol–water partition coefficient (Wildman–Crippen LogP) is -0.0638. The van der Waals surface area contributed by atoms with Crippen molar-refractivity contribution in [3.8, 4) is 47.9 Å². The van der Waals surface area contributed by atoms with Gasteiger partial charge in [0, 0.05) is 5.56 Å². The van der Waals surface area contributed by atoms with Crippen molar-refractivity contribution in [3.05, 3.63) is 29.8 Å². The lowest BCUT2D eigenvalue weighted by molar-refractivity contribution is -0.118. The Morgan fingerprint density at radius 3 is 2.62 bits per heavy atom. The molecule has 4 heteroatoms. The molecule has 1 aromatic rings. The molecule has 1 amide bonds. The fourth-order valence-corrected chi connectivity index (χ4v) is 1.24. The summed E-state index contributed by atoms with van der Waals surface area (Å²) >= 11 is 0. The summed E-state index contributed by atoms with van der Waals surface area (Å²) in [5.74, 6) is 16.8. The Kier molecular flexibility index (Phi) is 6.72. The minimum absolute atomic E-state index is 0.432. The Hall–Kier alpha value is -3.15. The van der Waals surface area contributed by atoms with E-state index < -0.39 is 18.6 Å². The number of benzene rings is 1. The first-order valence-electron chi connectivity index (χ1n) is 5.92. The van der Waals surface area contributed by atoms with E-state index in [1.165, 1.54) is 0 Å². The van der Waals surface area contributed by atoms with Crippen LogP contribution in [0.5, 0.6) is 0 Å². The van der Waals surface area contributed by atoms with Crippen LogP contribution in [0.15, 0.2) is 24.3 Å². The number of carbonyl (C=O) groups excluding carboxylic acids is 1. The van der Waals surface area contributed by atoms with Crippen LogP contribution >= 0.6 is 0 Å². The SMILES string of the molecule is C#CC#CC#CC#Cc1ccccc1NC(=O)C(N)CO. The second-order valence-electron chi connectivity index (χ2n) is 3.72. The first-order chi connectivity index (χ1) is 10.2. The normalized spacial score (nSPS) is 9.38. The van der Waals surface area contributed by atoms with Crippen LogP contribution in [-0.2, 0) is 4.79 Å². The van der Waals surface area contributed by atoms with E-state index in [2.05, 4.69) is 46.8 Å². The van der Waals surface area contributed by atoms with Crippen molar-refractivity contribution in [2.45, 2.75) is 6.04 Å². The number of aliphatic hydroxyl groups is 1. The Labute approximate surface area is 123 Å². The molecule has 4 N–H and O–H groups in total. The van der Waals surface area contributed by atoms with Crippen LogP contribution in [0.25, 0.3) is 0 Å². The van der Waals surface area contributed by atoms with E-state index >= 15 is 0 Å². The minimum Gasteiger partial charge on any atom is -0.394 e. The third-order valence-corrected chi connectivity index (χ3v) is 2.24. The fourth-order valence-electron chi connectivity index (χ4n) is 1.24. The zero-order chi connectivity index (χ0) is 15.5. The summed E-state index contributed by atoms with van der Waals surface area (Å²) in [6.07, 6.45) is 4.94. The van der Waals surface area contributed by atoms with Crippen LogP contribution < -0.4 is 11.1 Å². The third-order valence-electron chi connectivity index (χ3n) is 2.24. The van der Waals surface area contributed by atoms with E-state index in [1.807, 2.05) is 0 Å². The topological polar surface area (TPSA) is 75.4 Å². The third kappa shape index (κ3) is 5.56. The maximum Gasteiger partial charge on any atom is 0.243 e. The smallest absolute Gasteiger partial charge is 0.243 e. The van der Waals surface area contributed by atoms with Gasteiger partial charge in [0.05, 0.1) is 12.3 Å². The van der Waals surface area contributed by atoms with Gasteiger partial charge in [0.15, 0.2) is 0 Å². The molecule has 1 aromatic carbocycles. The Morgan fingerprint density at radius 2 is 1.90 bits per heavy atom. The van der Waals surface area contributed by atoms with Gasteiger partial charge in [-0.25, -0.2) is 0 Å². The molecular formula is C17H12N2O2. The second kappa shape index (κ2) is 8.87. The van der Waals surface area contributed by atoms with Crippen molar-refractivity contribution in [2.75, 3.05) is 11.9 Å². The highest BCUT2D eigenvalue weighted by atomic mass is 16.3. The number of hydrogen-bond acceptors (Lipinski definition) is 3. The molecule has 0 aliphatic rings. The van der Waals surface area contributed by atoms with E-state index in [4.69, 9.17) is 17.3 Å². The molecule has 1 rings (SSSR count). The molecule has 1 unspecified atom stereocenters. The average molecular weight is 276 g/mol. The average Bonchev–Trinajstić information content (AvgIpc) is 2.51. The van der Waals surface area contributed by atoms with Crippen LogP contribution in [0.1, 0.15) is 5.56 Å². The van der Waals surface area contributed by atoms with Crippen LogP contribution in [-0.4, -0.2) is 23.7 Å². The van der Waals surface area contributed by atoms with E-state index in [9.17, 15) is 4.79 Å². The van der Waals surface area contributed by atoms with Gasteiger partial charge in [-0.3, -0.25) is 4.79 Å². The molecule has 0 saturated heterocycles. The summed E-state index contributed by atoms with van der Waals surface area (Å²) in [7, 11) is 0. The highest BCUT2D eigenvalue weighted by Gasteiger charge is 2.12. The summed E-state index contributed by atoms with van der Waals surface area (Å²) < 4.78 is 0. The molecule has 0 heterocycles. The zero-order valence-corrected chi connectivity index (χ0v) is 11.1. The molecule has 21 heavy (non-hydrogen) atoms. The fraction of sp³-hybridized carbons (Fsp3) is 0.118. The van der Waals surface area contributed by atoms with Crippen molar-refractivity contribution < 1.29 is 9.90 Å². The van der Waals surface area contributed by atoms with Crippen LogP contribution in [0.4, 0.5) is 5.69 Å². The summed E-state index contributed by atoms with van der Waals surface area (Å²) in [4.78, 5) is 11.6. The molecule has 0 radical (unpaired) electrons. The largest absolute Gasteiger partial charge is 0.394 e. The maximum atomic E-state index is 11.6. The first kappa shape index (κ1) is 15.9. The molecule has 1 atom stereocenters. The maximum absolute atomic E-state index is 11.6. The van der Waals surface area contributed by atoms with Crippen LogP contribution in [0.2, 0.25) is 0 Å². The standard InChI is InChI=1S/C17H12N2O2/c1-2-3-4-5-6-7-10-14-11-8-9-12-16(14)19-17(21)15(18)13-20/h1,8-9,11-12,15,20H,13,18H2,(H,19,21). The summed E-state index contributed by atoms with van der Waals surface area (Å²) in [5.41, 5.74) is 6.51. The molecule has 4 nitrogen and oxygen atoms in total. The van der Waals surface area contributed by atoms with Crippen molar-refractivity contribution in [1.82, 2.24) is 0 Å². The lowest BCUT2D eigenvalue weighted by Crippen LogP contribution is -2.38. The molecule has 0 fully saturated rings. The number of amides is 1. The molecule has 0 saturated carbocycles. The van der Waals surface area contributed by atoms with E-state index in [0.29, 0.717) is 11.3 Å². The van der Waals surface area contributed by atoms with Gasteiger partial charge in [0.2, 0.25) is 5.91 Å². The summed E-state index contributed by atoms with van der Waals surface area (Å²) in [6.45, 7) is -0.432. The van der Waals surface area contributed by atoms with Gasteiger partial charge in [-0.05, 0) is 47.7 Å². The molecular weight excluding hydrogens is 264 g/mol. The molecule has 0 bridgehead atoms. The molecule has 0 aromatic heterocycles. The van der Waals surface area contributed by atoms with Crippen LogP contribution in [0, 0.1) is 47.9 Å². The monoisotopic (exact) mass is 276 g/mol. The van der Waals surface area contributed by atoms with Gasteiger partial charge in [-0.15, -0.1) is 6.42 Å². The number of rotatable bonds is 3. The Balaban J connectivity index is 2.90. The van der Waals surface area contributed by atoms with E-state index in [0.717, 1.165) is 0 Å².